The van der Waals surface area contributed by atoms with Gasteiger partial charge >= 0.3 is 12.3 Å². The third-order valence-corrected chi connectivity index (χ3v) is 2.21. The molecule has 1 aromatic rings. The normalized spacial score (nSPS) is 10.9. The molecule has 5 nitrogen and oxygen atoms in total. The van der Waals surface area contributed by atoms with Gasteiger partial charge < -0.3 is 15.2 Å². The van der Waals surface area contributed by atoms with Gasteiger partial charge in [-0.3, -0.25) is 9.59 Å². The zero-order chi connectivity index (χ0) is 15.2. The van der Waals surface area contributed by atoms with Crippen molar-refractivity contribution in [1.29, 1.82) is 0 Å². The Hall–Kier alpha value is -2.25. The highest BCUT2D eigenvalue weighted by atomic mass is 19.4. The Morgan fingerprint density at radius 1 is 1.15 bits per heavy atom. The van der Waals surface area contributed by atoms with Crippen molar-refractivity contribution >= 4 is 11.9 Å². The Bertz CT molecular complexity index is 471. The van der Waals surface area contributed by atoms with Gasteiger partial charge in [0.05, 0.1) is 6.42 Å². The number of alkyl halides is 3. The monoisotopic (exact) mass is 291 g/mol. The largest absolute Gasteiger partial charge is 0.573 e. The smallest absolute Gasteiger partial charge is 0.481 e. The van der Waals surface area contributed by atoms with Crippen molar-refractivity contribution < 1.29 is 32.6 Å². The molecular weight excluding hydrogens is 279 g/mol. The first-order valence-electron chi connectivity index (χ1n) is 5.59. The lowest BCUT2D eigenvalue weighted by Gasteiger charge is -2.09. The average Bonchev–Trinajstić information content (AvgIpc) is 2.33. The topological polar surface area (TPSA) is 75.6 Å². The number of aliphatic carboxylic acids is 1. The molecule has 1 amide bonds. The van der Waals surface area contributed by atoms with Gasteiger partial charge in [-0.05, 0) is 17.7 Å². The second-order valence-electron chi connectivity index (χ2n) is 3.86. The van der Waals surface area contributed by atoms with Crippen LogP contribution in [0.5, 0.6) is 5.75 Å². The van der Waals surface area contributed by atoms with E-state index in [0.29, 0.717) is 5.56 Å². The fourth-order valence-corrected chi connectivity index (χ4v) is 1.32. The summed E-state index contributed by atoms with van der Waals surface area (Å²) in [5, 5.41) is 10.8. The van der Waals surface area contributed by atoms with Crippen LogP contribution in [0.1, 0.15) is 18.4 Å². The number of halogens is 3. The molecule has 0 saturated heterocycles. The molecule has 1 aromatic carbocycles. The molecule has 110 valence electrons. The van der Waals surface area contributed by atoms with Gasteiger partial charge in [-0.25, -0.2) is 0 Å². The van der Waals surface area contributed by atoms with Crippen LogP contribution in [0.3, 0.4) is 0 Å². The van der Waals surface area contributed by atoms with Crippen molar-refractivity contribution in [2.45, 2.75) is 25.7 Å². The fourth-order valence-electron chi connectivity index (χ4n) is 1.32. The number of hydrogen-bond donors (Lipinski definition) is 2. The lowest BCUT2D eigenvalue weighted by Crippen LogP contribution is -2.23. The standard InChI is InChI=1S/C12H12F3NO4/c13-12(14,15)20-9-3-1-8(2-4-9)7-16-10(17)5-6-11(18)19/h1-4H,5-7H2,(H,16,17)(H,18,19). The molecule has 0 heterocycles. The SMILES string of the molecule is O=C(O)CCC(=O)NCc1ccc(OC(F)(F)F)cc1. The summed E-state index contributed by atoms with van der Waals surface area (Å²) in [6.45, 7) is 0.102. The van der Waals surface area contributed by atoms with Crippen molar-refractivity contribution in [3.63, 3.8) is 0 Å². The number of carboxylic acid groups (broad SMARTS) is 1. The number of carboxylic acids is 1. The van der Waals surface area contributed by atoms with Crippen LogP contribution in [0.25, 0.3) is 0 Å². The highest BCUT2D eigenvalue weighted by molar-refractivity contribution is 5.80. The number of rotatable bonds is 6. The number of nitrogens with one attached hydrogen (secondary N) is 1. The third kappa shape index (κ3) is 6.62. The Morgan fingerprint density at radius 3 is 2.25 bits per heavy atom. The molecule has 0 unspecified atom stereocenters. The molecule has 8 heteroatoms. The lowest BCUT2D eigenvalue weighted by atomic mass is 10.2. The number of carbonyl (C=O) groups excluding carboxylic acids is 1. The second kappa shape index (κ2) is 6.78. The van der Waals surface area contributed by atoms with Crippen molar-refractivity contribution in [1.82, 2.24) is 5.32 Å². The summed E-state index contributed by atoms with van der Waals surface area (Å²) in [6.07, 6.45) is -5.17. The van der Waals surface area contributed by atoms with Crippen LogP contribution < -0.4 is 10.1 Å². The molecule has 0 aliphatic heterocycles. The minimum Gasteiger partial charge on any atom is -0.481 e. The van der Waals surface area contributed by atoms with E-state index in [2.05, 4.69) is 10.1 Å². The first-order chi connectivity index (χ1) is 9.26. The van der Waals surface area contributed by atoms with Crippen molar-refractivity contribution in [2.75, 3.05) is 0 Å². The Balaban J connectivity index is 2.42. The number of hydrogen-bond acceptors (Lipinski definition) is 3. The van der Waals surface area contributed by atoms with Crippen LogP contribution in [0, 0.1) is 0 Å². The van der Waals surface area contributed by atoms with E-state index in [1.165, 1.54) is 12.1 Å². The van der Waals surface area contributed by atoms with Crippen LogP contribution in [0.15, 0.2) is 24.3 Å². The number of benzene rings is 1. The molecule has 1 rings (SSSR count). The van der Waals surface area contributed by atoms with Crippen LogP contribution in [-0.4, -0.2) is 23.3 Å². The maximum absolute atomic E-state index is 11.9. The van der Waals surface area contributed by atoms with E-state index < -0.39 is 18.2 Å². The summed E-state index contributed by atoms with van der Waals surface area (Å²) in [5.74, 6) is -1.87. The molecular formula is C12H12F3NO4. The van der Waals surface area contributed by atoms with Gasteiger partial charge in [0.15, 0.2) is 0 Å². The van der Waals surface area contributed by atoms with Gasteiger partial charge in [-0.1, -0.05) is 12.1 Å². The Kier molecular flexibility index (Phi) is 5.36. The predicted molar refractivity (Wildman–Crippen MR) is 61.8 cm³/mol. The third-order valence-electron chi connectivity index (χ3n) is 2.21. The summed E-state index contributed by atoms with van der Waals surface area (Å²) in [6, 6.07) is 5.01. The van der Waals surface area contributed by atoms with Crippen molar-refractivity contribution in [3.05, 3.63) is 29.8 Å². The van der Waals surface area contributed by atoms with Crippen LogP contribution in [0.2, 0.25) is 0 Å². The quantitative estimate of drug-likeness (QED) is 0.841. The maximum Gasteiger partial charge on any atom is 0.573 e. The van der Waals surface area contributed by atoms with Gasteiger partial charge in [0.25, 0.3) is 0 Å². The van der Waals surface area contributed by atoms with Gasteiger partial charge in [-0.2, -0.15) is 0 Å². The van der Waals surface area contributed by atoms with E-state index >= 15 is 0 Å². The highest BCUT2D eigenvalue weighted by Crippen LogP contribution is 2.22. The van der Waals surface area contributed by atoms with E-state index in [-0.39, 0.29) is 25.1 Å². The fraction of sp³-hybridized carbons (Fsp3) is 0.333. The highest BCUT2D eigenvalue weighted by Gasteiger charge is 2.30. The molecule has 0 spiro atoms. The number of amides is 1. The van der Waals surface area contributed by atoms with Crippen LogP contribution >= 0.6 is 0 Å². The molecule has 0 saturated carbocycles. The summed E-state index contributed by atoms with van der Waals surface area (Å²) < 4.78 is 39.5. The van der Waals surface area contributed by atoms with E-state index in [1.807, 2.05) is 0 Å². The lowest BCUT2D eigenvalue weighted by molar-refractivity contribution is -0.274. The maximum atomic E-state index is 11.9. The van der Waals surface area contributed by atoms with E-state index in [0.717, 1.165) is 12.1 Å². The van der Waals surface area contributed by atoms with Gasteiger partial charge in [0.1, 0.15) is 5.75 Å². The first kappa shape index (κ1) is 15.8. The molecule has 0 bridgehead atoms. The van der Waals surface area contributed by atoms with Crippen molar-refractivity contribution in [2.24, 2.45) is 0 Å². The van der Waals surface area contributed by atoms with Gasteiger partial charge in [0.2, 0.25) is 5.91 Å². The Labute approximate surface area is 112 Å². The molecule has 0 atom stereocenters. The van der Waals surface area contributed by atoms with Gasteiger partial charge in [0, 0.05) is 13.0 Å². The van der Waals surface area contributed by atoms with Crippen LogP contribution in [-0.2, 0) is 16.1 Å². The van der Waals surface area contributed by atoms with E-state index in [9.17, 15) is 22.8 Å². The minimum absolute atomic E-state index is 0.102. The van der Waals surface area contributed by atoms with E-state index in [4.69, 9.17) is 5.11 Å². The molecule has 20 heavy (non-hydrogen) atoms. The second-order valence-corrected chi connectivity index (χ2v) is 3.86. The molecule has 0 aliphatic carbocycles. The molecule has 0 fully saturated rings. The zero-order valence-electron chi connectivity index (χ0n) is 10.2. The van der Waals surface area contributed by atoms with E-state index in [1.54, 1.807) is 0 Å². The van der Waals surface area contributed by atoms with Crippen LogP contribution in [0.4, 0.5) is 13.2 Å². The number of ether oxygens (including phenoxy) is 1. The Morgan fingerprint density at radius 2 is 1.75 bits per heavy atom. The molecule has 0 aromatic heterocycles. The zero-order valence-corrected chi connectivity index (χ0v) is 10.2. The average molecular weight is 291 g/mol. The minimum atomic E-state index is -4.74. The van der Waals surface area contributed by atoms with Crippen molar-refractivity contribution in [3.8, 4) is 5.75 Å². The molecule has 0 radical (unpaired) electrons. The summed E-state index contributed by atoms with van der Waals surface area (Å²) in [4.78, 5) is 21.5. The summed E-state index contributed by atoms with van der Waals surface area (Å²) in [7, 11) is 0. The summed E-state index contributed by atoms with van der Waals surface area (Å²) >= 11 is 0. The number of carbonyl (C=O) groups is 2. The first-order valence-corrected chi connectivity index (χ1v) is 5.59. The van der Waals surface area contributed by atoms with Gasteiger partial charge in [-0.15, -0.1) is 13.2 Å². The molecule has 2 N–H and O–H groups in total. The molecule has 0 aliphatic rings. The summed E-state index contributed by atoms with van der Waals surface area (Å²) in [5.41, 5.74) is 0.572. The predicted octanol–water partition coefficient (Wildman–Crippen LogP) is 2.07.